The lowest BCUT2D eigenvalue weighted by molar-refractivity contribution is -0.133. The molecule has 1 heterocycles. The van der Waals surface area contributed by atoms with Gasteiger partial charge >= 0.3 is 5.97 Å². The molecule has 0 amide bonds. The molecule has 1 rings (SSSR count). The molecule has 3 nitrogen and oxygen atoms in total. The summed E-state index contributed by atoms with van der Waals surface area (Å²) in [6.45, 7) is 0.969. The summed E-state index contributed by atoms with van der Waals surface area (Å²) in [5.41, 5.74) is 0.522. The normalized spacial score (nSPS) is 18.5. The number of hydrogen-bond acceptors (Lipinski definition) is 2. The third-order valence-electron chi connectivity index (χ3n) is 1.61. The van der Waals surface area contributed by atoms with E-state index < -0.39 is 5.97 Å². The minimum absolute atomic E-state index is 0.522. The topological polar surface area (TPSA) is 40.5 Å². The summed E-state index contributed by atoms with van der Waals surface area (Å²) in [6, 6.07) is 0. The average molecular weight is 141 g/mol. The molecule has 1 N–H and O–H groups in total. The second-order valence-corrected chi connectivity index (χ2v) is 2.54. The van der Waals surface area contributed by atoms with Crippen LogP contribution < -0.4 is 0 Å². The second kappa shape index (κ2) is 2.73. The highest BCUT2D eigenvalue weighted by atomic mass is 16.4. The van der Waals surface area contributed by atoms with Gasteiger partial charge in [-0.05, 0) is 12.8 Å². The van der Waals surface area contributed by atoms with E-state index in [1.165, 1.54) is 0 Å². The molecule has 0 fully saturated rings. The van der Waals surface area contributed by atoms with Crippen LogP contribution in [0, 0.1) is 0 Å². The Balaban J connectivity index is 2.66. The molecule has 10 heavy (non-hydrogen) atoms. The van der Waals surface area contributed by atoms with E-state index in [-0.39, 0.29) is 0 Å². The number of hydrogen-bond donors (Lipinski definition) is 1. The van der Waals surface area contributed by atoms with Gasteiger partial charge in [-0.2, -0.15) is 0 Å². The maximum Gasteiger partial charge on any atom is 0.333 e. The maximum atomic E-state index is 10.4. The fraction of sp³-hybridized carbons (Fsp3) is 0.571. The zero-order chi connectivity index (χ0) is 7.56. The highest BCUT2D eigenvalue weighted by Crippen LogP contribution is 2.12. The van der Waals surface area contributed by atoms with Crippen LogP contribution >= 0.6 is 0 Å². The van der Waals surface area contributed by atoms with Crippen LogP contribution in [0.3, 0.4) is 0 Å². The van der Waals surface area contributed by atoms with Gasteiger partial charge in [0.2, 0.25) is 0 Å². The Labute approximate surface area is 59.9 Å². The summed E-state index contributed by atoms with van der Waals surface area (Å²) in [7, 11) is 1.89. The molecule has 0 saturated carbocycles. The van der Waals surface area contributed by atoms with Crippen molar-refractivity contribution >= 4 is 5.97 Å². The van der Waals surface area contributed by atoms with Crippen molar-refractivity contribution in [3.8, 4) is 0 Å². The zero-order valence-corrected chi connectivity index (χ0v) is 6.00. The lowest BCUT2D eigenvalue weighted by Crippen LogP contribution is -2.20. The van der Waals surface area contributed by atoms with Gasteiger partial charge in [0, 0.05) is 19.8 Å². The number of carboxylic acid groups (broad SMARTS) is 1. The van der Waals surface area contributed by atoms with Crippen molar-refractivity contribution in [2.75, 3.05) is 13.6 Å². The molecule has 0 atom stereocenters. The number of rotatable bonds is 1. The Morgan fingerprint density at radius 1 is 1.80 bits per heavy atom. The van der Waals surface area contributed by atoms with E-state index in [1.54, 1.807) is 6.20 Å². The molecular weight excluding hydrogens is 130 g/mol. The summed E-state index contributed by atoms with van der Waals surface area (Å²) in [6.07, 6.45) is 3.36. The van der Waals surface area contributed by atoms with Crippen molar-refractivity contribution < 1.29 is 9.90 Å². The predicted octanol–water partition coefficient (Wildman–Crippen LogP) is 0.680. The van der Waals surface area contributed by atoms with Crippen molar-refractivity contribution in [3.05, 3.63) is 11.8 Å². The highest BCUT2D eigenvalue weighted by Gasteiger charge is 2.12. The molecule has 0 unspecified atom stereocenters. The van der Waals surface area contributed by atoms with Gasteiger partial charge in [0.25, 0.3) is 0 Å². The van der Waals surface area contributed by atoms with Crippen LogP contribution in [-0.2, 0) is 4.79 Å². The first-order chi connectivity index (χ1) is 4.70. The highest BCUT2D eigenvalue weighted by molar-refractivity contribution is 5.86. The van der Waals surface area contributed by atoms with Crippen molar-refractivity contribution in [2.45, 2.75) is 12.8 Å². The van der Waals surface area contributed by atoms with Crippen LogP contribution in [0.15, 0.2) is 11.8 Å². The average Bonchev–Trinajstić information content (AvgIpc) is 1.88. The molecule has 0 bridgehead atoms. The summed E-state index contributed by atoms with van der Waals surface area (Å²) in [5.74, 6) is -0.786. The van der Waals surface area contributed by atoms with E-state index in [4.69, 9.17) is 5.11 Å². The molecule has 3 heteroatoms. The molecule has 0 spiro atoms. The molecule has 56 valence electrons. The summed E-state index contributed by atoms with van der Waals surface area (Å²) >= 11 is 0. The molecule has 0 aromatic heterocycles. The Hall–Kier alpha value is -0.990. The zero-order valence-electron chi connectivity index (χ0n) is 6.00. The maximum absolute atomic E-state index is 10.4. The third kappa shape index (κ3) is 1.50. The quantitative estimate of drug-likeness (QED) is 0.583. The van der Waals surface area contributed by atoms with Gasteiger partial charge in [0.15, 0.2) is 0 Å². The predicted molar refractivity (Wildman–Crippen MR) is 37.6 cm³/mol. The monoisotopic (exact) mass is 141 g/mol. The molecule has 1 aliphatic rings. The first kappa shape index (κ1) is 7.12. The second-order valence-electron chi connectivity index (χ2n) is 2.54. The number of nitrogens with zero attached hydrogens (tertiary/aromatic N) is 1. The van der Waals surface area contributed by atoms with Gasteiger partial charge in [-0.3, -0.25) is 0 Å². The Bertz CT molecular complexity index is 174. The van der Waals surface area contributed by atoms with Crippen LogP contribution in [0.1, 0.15) is 12.8 Å². The van der Waals surface area contributed by atoms with E-state index in [0.717, 1.165) is 13.0 Å². The molecule has 0 saturated heterocycles. The fourth-order valence-electron chi connectivity index (χ4n) is 1.08. The number of aliphatic carboxylic acids is 1. The number of carboxylic acids is 1. The summed E-state index contributed by atoms with van der Waals surface area (Å²) < 4.78 is 0. The van der Waals surface area contributed by atoms with Crippen LogP contribution in [-0.4, -0.2) is 29.6 Å². The fourth-order valence-corrected chi connectivity index (χ4v) is 1.08. The minimum atomic E-state index is -0.786. The molecule has 0 radical (unpaired) electrons. The van der Waals surface area contributed by atoms with Gasteiger partial charge in [-0.1, -0.05) is 0 Å². The van der Waals surface area contributed by atoms with Gasteiger partial charge in [0.05, 0.1) is 5.57 Å². The summed E-state index contributed by atoms with van der Waals surface area (Å²) in [4.78, 5) is 12.3. The van der Waals surface area contributed by atoms with Gasteiger partial charge in [-0.25, -0.2) is 4.79 Å². The first-order valence-corrected chi connectivity index (χ1v) is 3.34. The Morgan fingerprint density at radius 2 is 2.50 bits per heavy atom. The molecule has 0 aromatic carbocycles. The van der Waals surface area contributed by atoms with E-state index >= 15 is 0 Å². The molecule has 0 aliphatic carbocycles. The largest absolute Gasteiger partial charge is 0.478 e. The van der Waals surface area contributed by atoms with E-state index in [9.17, 15) is 4.79 Å². The van der Waals surface area contributed by atoms with Gasteiger partial charge < -0.3 is 10.0 Å². The lowest BCUT2D eigenvalue weighted by Gasteiger charge is -2.19. The molecule has 1 aliphatic heterocycles. The van der Waals surface area contributed by atoms with Crippen LogP contribution in [0.5, 0.6) is 0 Å². The Kier molecular flexibility index (Phi) is 1.94. The van der Waals surface area contributed by atoms with Crippen molar-refractivity contribution in [3.63, 3.8) is 0 Å². The van der Waals surface area contributed by atoms with E-state index in [1.807, 2.05) is 11.9 Å². The smallest absolute Gasteiger partial charge is 0.333 e. The first-order valence-electron chi connectivity index (χ1n) is 3.34. The van der Waals surface area contributed by atoms with E-state index in [2.05, 4.69) is 0 Å². The van der Waals surface area contributed by atoms with Crippen molar-refractivity contribution in [1.29, 1.82) is 0 Å². The Morgan fingerprint density at radius 3 is 2.90 bits per heavy atom. The minimum Gasteiger partial charge on any atom is -0.478 e. The standard InChI is InChI=1S/C7H11NO2/c1-8-4-2-3-6(5-8)7(9)10/h5H,2-4H2,1H3,(H,9,10). The van der Waals surface area contributed by atoms with Crippen molar-refractivity contribution in [1.82, 2.24) is 4.90 Å². The van der Waals surface area contributed by atoms with Gasteiger partial charge in [-0.15, -0.1) is 0 Å². The van der Waals surface area contributed by atoms with E-state index in [0.29, 0.717) is 12.0 Å². The SMILES string of the molecule is CN1C=C(C(=O)O)CCC1. The third-order valence-corrected chi connectivity index (χ3v) is 1.61. The van der Waals surface area contributed by atoms with Crippen LogP contribution in [0.4, 0.5) is 0 Å². The molecule has 0 aromatic rings. The van der Waals surface area contributed by atoms with Crippen LogP contribution in [0.2, 0.25) is 0 Å². The summed E-state index contributed by atoms with van der Waals surface area (Å²) in [5, 5.41) is 8.56. The number of carbonyl (C=O) groups is 1. The lowest BCUT2D eigenvalue weighted by atomic mass is 10.1. The van der Waals surface area contributed by atoms with Gasteiger partial charge in [0.1, 0.15) is 0 Å². The van der Waals surface area contributed by atoms with Crippen molar-refractivity contribution in [2.24, 2.45) is 0 Å². The molecular formula is C7H11NO2. The van der Waals surface area contributed by atoms with Crippen LogP contribution in [0.25, 0.3) is 0 Å².